The third-order valence-corrected chi connectivity index (χ3v) is 26.3. The van der Waals surface area contributed by atoms with Gasteiger partial charge in [-0.3, -0.25) is 29.3 Å². The molecular weight excluding hydrogens is 2230 g/mol. The average molecular weight is 2350 g/mol. The maximum atomic E-state index is 11.7. The molecule has 3 radical (unpaired) electrons. The van der Waals surface area contributed by atoms with Gasteiger partial charge in [0.15, 0.2) is 17.3 Å². The number of carbonyl (C=O) groups is 3. The Morgan fingerprint density at radius 3 is 1.02 bits per heavy atom. The second-order valence-electron chi connectivity index (χ2n) is 35.0. The van der Waals surface area contributed by atoms with E-state index in [2.05, 4.69) is 313 Å². The van der Waals surface area contributed by atoms with Crippen LogP contribution < -0.4 is 0 Å². The number of rotatable bonds is 20. The van der Waals surface area contributed by atoms with Crippen molar-refractivity contribution in [1.82, 2.24) is 15.0 Å². The van der Waals surface area contributed by atoms with Gasteiger partial charge in [0.25, 0.3) is 0 Å². The van der Waals surface area contributed by atoms with Gasteiger partial charge >= 0.3 is 0 Å². The number of ketones is 3. The van der Waals surface area contributed by atoms with E-state index in [-0.39, 0.29) is 107 Å². The Morgan fingerprint density at radius 2 is 0.669 bits per heavy atom. The Labute approximate surface area is 840 Å². The van der Waals surface area contributed by atoms with Gasteiger partial charge < -0.3 is 15.3 Å². The Balaban J connectivity index is 0.000000175. The van der Waals surface area contributed by atoms with E-state index in [1.807, 2.05) is 103 Å². The second kappa shape index (κ2) is 50.2. The normalized spacial score (nSPS) is 11.9. The van der Waals surface area contributed by atoms with Gasteiger partial charge in [0, 0.05) is 129 Å². The molecule has 15 aromatic rings. The van der Waals surface area contributed by atoms with Crippen LogP contribution in [0.3, 0.4) is 0 Å². The summed E-state index contributed by atoms with van der Waals surface area (Å²) in [7, 11) is 0. The number of para-hydroxylation sites is 3. The molecule has 0 amide bonds. The molecule has 0 aliphatic carbocycles. The van der Waals surface area contributed by atoms with Crippen LogP contribution in [0.1, 0.15) is 147 Å². The van der Waals surface area contributed by atoms with Crippen molar-refractivity contribution in [3.8, 4) is 101 Å². The smallest absolute Gasteiger partial charge is 0.162 e. The summed E-state index contributed by atoms with van der Waals surface area (Å²) in [5.74, 6) is 2.63. The van der Waals surface area contributed by atoms with Crippen molar-refractivity contribution in [1.29, 1.82) is 0 Å². The molecule has 3 aliphatic heterocycles. The molecule has 3 N–H and O–H groups in total. The molecule has 0 saturated carbocycles. The zero-order valence-corrected chi connectivity index (χ0v) is 87.7. The molecule has 0 unspecified atom stereocenters. The van der Waals surface area contributed by atoms with Gasteiger partial charge in [0.05, 0.1) is 33.8 Å². The number of hydrogen-bond donors (Lipinski definition) is 3. The summed E-state index contributed by atoms with van der Waals surface area (Å²) < 4.78 is 0. The van der Waals surface area contributed by atoms with Crippen LogP contribution >= 0.6 is 35.3 Å². The number of carbonyl (C=O) groups excluding carboxylic acids is 3. The summed E-state index contributed by atoms with van der Waals surface area (Å²) in [6, 6.07) is 110. The van der Waals surface area contributed by atoms with E-state index in [4.69, 9.17) is 20.1 Å². The first-order chi connectivity index (χ1) is 62.8. The van der Waals surface area contributed by atoms with Gasteiger partial charge in [0.2, 0.25) is 0 Å². The average Bonchev–Trinajstić information content (AvgIpc) is 1.64. The molecule has 3 aliphatic rings. The molecular formula is C118H116Ir3N3O6S3-3. The third kappa shape index (κ3) is 27.2. The molecule has 18 rings (SSSR count). The zero-order chi connectivity index (χ0) is 92.1. The number of hydrogen-bond acceptors (Lipinski definition) is 12. The van der Waals surface area contributed by atoms with E-state index in [0.29, 0.717) is 36.5 Å². The van der Waals surface area contributed by atoms with Crippen LogP contribution in [0.4, 0.5) is 0 Å². The van der Waals surface area contributed by atoms with Gasteiger partial charge in [-0.05, 0) is 196 Å². The largest absolute Gasteiger partial charge is 0.512 e. The van der Waals surface area contributed by atoms with E-state index in [1.54, 1.807) is 0 Å². The predicted octanol–water partition coefficient (Wildman–Crippen LogP) is 32.9. The van der Waals surface area contributed by atoms with Crippen LogP contribution in [0.2, 0.25) is 0 Å². The first-order valence-electron chi connectivity index (χ1n) is 45.5. The molecule has 0 bridgehead atoms. The summed E-state index contributed by atoms with van der Waals surface area (Å²) >= 11 is 5.47. The number of allylic oxidation sites excluding steroid dienone is 6. The summed E-state index contributed by atoms with van der Waals surface area (Å²) in [5, 5.41) is 31.1. The molecule has 0 fully saturated rings. The van der Waals surface area contributed by atoms with Gasteiger partial charge in [-0.25, -0.2) is 0 Å². The molecule has 133 heavy (non-hydrogen) atoms. The zero-order valence-electron chi connectivity index (χ0n) is 78.0. The molecule has 3 aromatic heterocycles. The van der Waals surface area contributed by atoms with E-state index in [1.165, 1.54) is 150 Å². The molecule has 9 nitrogen and oxygen atoms in total. The van der Waals surface area contributed by atoms with Crippen molar-refractivity contribution >= 4 is 85.3 Å². The summed E-state index contributed by atoms with van der Waals surface area (Å²) in [5.41, 5.74) is 27.1. The van der Waals surface area contributed by atoms with E-state index in [0.717, 1.165) is 94.2 Å². The van der Waals surface area contributed by atoms with Crippen molar-refractivity contribution in [3.05, 3.63) is 344 Å². The molecule has 6 heterocycles. The van der Waals surface area contributed by atoms with E-state index >= 15 is 0 Å². The summed E-state index contributed by atoms with van der Waals surface area (Å²) in [6.07, 6.45) is 10.6. The molecule has 0 saturated heterocycles. The van der Waals surface area contributed by atoms with Crippen LogP contribution in [0, 0.1) is 53.7 Å². The molecule has 0 spiro atoms. The van der Waals surface area contributed by atoms with E-state index in [9.17, 15) is 24.6 Å². The Hall–Kier alpha value is -10.5. The molecule has 15 heteroatoms. The Bertz CT molecular complexity index is 6430. The fraction of sp³-hybridized carbons (Fsp3) is 0.237. The fourth-order valence-corrected chi connectivity index (χ4v) is 19.9. The van der Waals surface area contributed by atoms with Crippen LogP contribution in [-0.2, 0) is 87.5 Å². The Morgan fingerprint density at radius 1 is 0.338 bits per heavy atom. The second-order valence-corrected chi connectivity index (χ2v) is 38.2. The van der Waals surface area contributed by atoms with Crippen LogP contribution in [0.15, 0.2) is 344 Å². The van der Waals surface area contributed by atoms with Gasteiger partial charge in [0.1, 0.15) is 0 Å². The topological polar surface area (TPSA) is 151 Å². The minimum atomic E-state index is -0.125. The van der Waals surface area contributed by atoms with Gasteiger partial charge in [-0.15, -0.1) is 107 Å². The number of nitrogens with zero attached hydrogens (tertiary/aromatic N) is 3. The standard InChI is InChI=1S/2C31H24NS.C27H16NS.C13H24O2.C11H20O2.C5H8O2.3Ir/c2*1-20(2)17-22-19-29(32-28-13-7-5-9-23(22)28)21-15-16-31-27(18-21)25-11-4-3-10-24(25)26-12-6-8-14-30(26)33-31;1-5-11-24-18(7-1)13-15-25(28-24)19-14-16-27-23(17-19)21-9-3-2-8-20(21)22-10-4-6-12-26(22)29-27;1-5-10(6-2)12(14)9-13(15)11(7-3)8-4;1-8(2)5-10(12)7-11(13)6-9(3)4;1-4(6)3-5(2)7;;;/h2*3-14,16,18-20H,17H2,1-2H3;1-13,15-17H;9-11,14H,5-8H2,1-4H3;7-9,12H,5-6H2,1-4H3;3,6H,1-2H3;;;/q3*-1;;;;;;. The summed E-state index contributed by atoms with van der Waals surface area (Å²) in [4.78, 5) is 55.5. The summed E-state index contributed by atoms with van der Waals surface area (Å²) in [6.45, 7) is 28.0. The number of fused-ring (bicyclic) bond motifs is 18. The first kappa shape index (κ1) is 105. The van der Waals surface area contributed by atoms with Crippen LogP contribution in [0.25, 0.3) is 133 Å². The number of benzene rings is 12. The fourth-order valence-electron chi connectivity index (χ4n) is 16.7. The number of pyridine rings is 3. The van der Waals surface area contributed by atoms with Crippen molar-refractivity contribution < 1.29 is 90.0 Å². The predicted molar refractivity (Wildman–Crippen MR) is 546 cm³/mol. The quantitative estimate of drug-likeness (QED) is 0.0379. The number of aromatic nitrogens is 3. The minimum absolute atomic E-state index is 0. The van der Waals surface area contributed by atoms with Crippen molar-refractivity contribution in [2.75, 3.05) is 0 Å². The maximum Gasteiger partial charge on any atom is 0.162 e. The maximum absolute atomic E-state index is 11.7. The minimum Gasteiger partial charge on any atom is -0.512 e. The molecule has 12 aromatic carbocycles. The van der Waals surface area contributed by atoms with Gasteiger partial charge in [-0.2, -0.15) is 0 Å². The third-order valence-electron chi connectivity index (χ3n) is 22.9. The van der Waals surface area contributed by atoms with Gasteiger partial charge in [-0.1, -0.05) is 321 Å². The molecule has 687 valence electrons. The SMILES string of the molecule is CC(=O)C=C(C)O.CC(C)CC(=O)C=C(O)CC(C)C.CC(C)Cc1cc(-c2[c-]cc3c(c2)-c2ccccc2-c2ccccc2S3)nc2ccccc12.CC(C)Cc1cc(-c2[c-]cc3c(c2)-c2ccccc2-c2ccccc2S3)nc2ccccc12.CCC(CC)C(=O)C=C(O)C(CC)CC.[Ir].[Ir].[Ir].[c-]1cc2c(cc1-c1ccc3ccccc3n1)-c1ccccc1-c1ccccc1S2. The van der Waals surface area contributed by atoms with Crippen molar-refractivity contribution in [2.45, 2.75) is 178 Å². The molecule has 0 atom stereocenters. The number of aliphatic hydroxyl groups is 3. The van der Waals surface area contributed by atoms with Crippen LogP contribution in [0.5, 0.6) is 0 Å². The number of aliphatic hydroxyl groups excluding tert-OH is 3. The Kier molecular flexibility index (Phi) is 39.5. The monoisotopic (exact) mass is 2350 g/mol. The first-order valence-corrected chi connectivity index (χ1v) is 48.0. The van der Waals surface area contributed by atoms with Crippen molar-refractivity contribution in [3.63, 3.8) is 0 Å². The van der Waals surface area contributed by atoms with Crippen molar-refractivity contribution in [2.24, 2.45) is 35.5 Å². The van der Waals surface area contributed by atoms with E-state index < -0.39 is 0 Å². The van der Waals surface area contributed by atoms with Crippen LogP contribution in [-0.4, -0.2) is 47.6 Å².